The Labute approximate surface area is 186 Å². The summed E-state index contributed by atoms with van der Waals surface area (Å²) in [6.07, 6.45) is 2.84. The average molecular weight is 463 g/mol. The number of aryl methyl sites for hydroxylation is 2. The molecule has 3 heterocycles. The molecule has 0 unspecified atom stereocenters. The highest BCUT2D eigenvalue weighted by Crippen LogP contribution is 2.39. The van der Waals surface area contributed by atoms with Crippen molar-refractivity contribution in [1.82, 2.24) is 14.8 Å². The van der Waals surface area contributed by atoms with Gasteiger partial charge in [-0.05, 0) is 44.7 Å². The van der Waals surface area contributed by atoms with Gasteiger partial charge >= 0.3 is 5.97 Å². The largest absolute Gasteiger partial charge is 0.462 e. The number of amides is 1. The molecule has 7 nitrogen and oxygen atoms in total. The molecule has 0 atom stereocenters. The molecule has 10 heteroatoms. The molecule has 1 aliphatic rings. The highest BCUT2D eigenvalue weighted by atomic mass is 32.2. The standard InChI is InChI=1S/C20H22N4O3S3/c1-4-27-19(26)16-13-6-5-7-14(13)30-18(16)21-15(25)10-29-20-23-22-17(24(20)3)12-8-11(2)28-9-12/h8-9H,4-7,10H2,1-3H3,(H,21,25). The number of esters is 1. The molecule has 0 spiro atoms. The number of nitrogens with zero attached hydrogens (tertiary/aromatic N) is 3. The monoisotopic (exact) mass is 462 g/mol. The number of carbonyl (C=O) groups is 2. The van der Waals surface area contributed by atoms with Gasteiger partial charge in [0.1, 0.15) is 5.00 Å². The third-order valence-corrected chi connectivity index (χ3v) is 7.90. The minimum absolute atomic E-state index is 0.179. The fourth-order valence-corrected chi connectivity index (χ4v) is 6.14. The summed E-state index contributed by atoms with van der Waals surface area (Å²) in [4.78, 5) is 27.4. The summed E-state index contributed by atoms with van der Waals surface area (Å²) in [5.74, 6) is 0.422. The van der Waals surface area contributed by atoms with Crippen molar-refractivity contribution in [3.05, 3.63) is 32.3 Å². The molecular weight excluding hydrogens is 440 g/mol. The third kappa shape index (κ3) is 4.17. The fourth-order valence-electron chi connectivity index (χ4n) is 3.46. The molecule has 0 aliphatic heterocycles. The number of hydrogen-bond donors (Lipinski definition) is 1. The number of hydrogen-bond acceptors (Lipinski definition) is 8. The van der Waals surface area contributed by atoms with Crippen LogP contribution in [0.15, 0.2) is 16.6 Å². The number of nitrogens with one attached hydrogen (secondary N) is 1. The predicted molar refractivity (Wildman–Crippen MR) is 121 cm³/mol. The van der Waals surface area contributed by atoms with Gasteiger partial charge in [-0.2, -0.15) is 0 Å². The van der Waals surface area contributed by atoms with Gasteiger partial charge < -0.3 is 14.6 Å². The number of aromatic nitrogens is 3. The van der Waals surface area contributed by atoms with Crippen molar-refractivity contribution in [2.45, 2.75) is 38.3 Å². The molecule has 0 fully saturated rings. The average Bonchev–Trinajstić information content (AvgIpc) is 3.45. The summed E-state index contributed by atoms with van der Waals surface area (Å²) in [5.41, 5.74) is 2.59. The lowest BCUT2D eigenvalue weighted by molar-refractivity contribution is -0.113. The van der Waals surface area contributed by atoms with Crippen molar-refractivity contribution in [2.75, 3.05) is 17.7 Å². The molecule has 1 amide bonds. The number of fused-ring (bicyclic) bond motifs is 1. The molecule has 30 heavy (non-hydrogen) atoms. The van der Waals surface area contributed by atoms with Crippen molar-refractivity contribution in [1.29, 1.82) is 0 Å². The minimum atomic E-state index is -0.358. The SMILES string of the molecule is CCOC(=O)c1c(NC(=O)CSc2nnc(-c3csc(C)c3)n2C)sc2c1CCC2. The van der Waals surface area contributed by atoms with Gasteiger partial charge in [0.15, 0.2) is 11.0 Å². The van der Waals surface area contributed by atoms with Crippen LogP contribution in [0.2, 0.25) is 0 Å². The van der Waals surface area contributed by atoms with Crippen LogP contribution in [0.3, 0.4) is 0 Å². The first-order valence-electron chi connectivity index (χ1n) is 9.67. The van der Waals surface area contributed by atoms with E-state index in [2.05, 4.69) is 28.5 Å². The number of carbonyl (C=O) groups excluding carboxylic acids is 2. The maximum absolute atomic E-state index is 12.6. The van der Waals surface area contributed by atoms with Gasteiger partial charge in [0.2, 0.25) is 5.91 Å². The smallest absolute Gasteiger partial charge is 0.341 e. The summed E-state index contributed by atoms with van der Waals surface area (Å²) in [7, 11) is 1.89. The quantitative estimate of drug-likeness (QED) is 0.416. The van der Waals surface area contributed by atoms with E-state index < -0.39 is 0 Å². The van der Waals surface area contributed by atoms with Crippen LogP contribution in [-0.2, 0) is 29.4 Å². The zero-order valence-electron chi connectivity index (χ0n) is 17.0. The van der Waals surface area contributed by atoms with Crippen LogP contribution in [0.1, 0.15) is 39.0 Å². The van der Waals surface area contributed by atoms with E-state index in [0.29, 0.717) is 22.3 Å². The number of ether oxygens (including phenoxy) is 1. The van der Waals surface area contributed by atoms with E-state index in [0.717, 1.165) is 36.2 Å². The first-order valence-corrected chi connectivity index (χ1v) is 12.3. The number of thiophene rings is 2. The Morgan fingerprint density at radius 2 is 2.17 bits per heavy atom. The van der Waals surface area contributed by atoms with Crippen LogP contribution in [0, 0.1) is 6.92 Å². The summed E-state index contributed by atoms with van der Waals surface area (Å²) in [5, 5.41) is 14.7. The first kappa shape index (κ1) is 21.1. The Bertz CT molecular complexity index is 1100. The van der Waals surface area contributed by atoms with Crippen LogP contribution in [0.4, 0.5) is 5.00 Å². The molecule has 3 aromatic heterocycles. The maximum Gasteiger partial charge on any atom is 0.341 e. The zero-order chi connectivity index (χ0) is 21.3. The molecule has 0 saturated heterocycles. The lowest BCUT2D eigenvalue weighted by Gasteiger charge is -2.08. The second-order valence-electron chi connectivity index (χ2n) is 6.93. The normalized spacial score (nSPS) is 12.8. The number of anilines is 1. The van der Waals surface area contributed by atoms with E-state index >= 15 is 0 Å². The molecular formula is C20H22N4O3S3. The van der Waals surface area contributed by atoms with Crippen LogP contribution < -0.4 is 5.32 Å². The van der Waals surface area contributed by atoms with Crippen LogP contribution in [0.25, 0.3) is 11.4 Å². The lowest BCUT2D eigenvalue weighted by atomic mass is 10.1. The lowest BCUT2D eigenvalue weighted by Crippen LogP contribution is -2.17. The topological polar surface area (TPSA) is 86.1 Å². The predicted octanol–water partition coefficient (Wildman–Crippen LogP) is 4.31. The van der Waals surface area contributed by atoms with E-state index in [4.69, 9.17) is 4.74 Å². The van der Waals surface area contributed by atoms with E-state index in [1.54, 1.807) is 18.3 Å². The van der Waals surface area contributed by atoms with Crippen molar-refractivity contribution >= 4 is 51.3 Å². The van der Waals surface area contributed by atoms with Gasteiger partial charge in [-0.25, -0.2) is 4.79 Å². The first-order chi connectivity index (χ1) is 14.5. The van der Waals surface area contributed by atoms with Crippen molar-refractivity contribution in [2.24, 2.45) is 7.05 Å². The molecule has 1 aliphatic carbocycles. The molecule has 0 aromatic carbocycles. The second kappa shape index (κ2) is 8.91. The second-order valence-corrected chi connectivity index (χ2v) is 10.1. The molecule has 0 saturated carbocycles. The summed E-state index contributed by atoms with van der Waals surface area (Å²) < 4.78 is 7.11. The zero-order valence-corrected chi connectivity index (χ0v) is 19.4. The van der Waals surface area contributed by atoms with E-state index in [1.165, 1.54) is 32.9 Å². The Kier molecular flexibility index (Phi) is 6.26. The Balaban J connectivity index is 1.44. The number of rotatable bonds is 7. The van der Waals surface area contributed by atoms with Gasteiger partial charge in [-0.3, -0.25) is 4.79 Å². The Morgan fingerprint density at radius 1 is 1.33 bits per heavy atom. The van der Waals surface area contributed by atoms with E-state index in [-0.39, 0.29) is 17.6 Å². The maximum atomic E-state index is 12.6. The molecule has 0 radical (unpaired) electrons. The van der Waals surface area contributed by atoms with Gasteiger partial charge in [0.25, 0.3) is 0 Å². The molecule has 158 valence electrons. The van der Waals surface area contributed by atoms with Crippen LogP contribution >= 0.6 is 34.4 Å². The minimum Gasteiger partial charge on any atom is -0.462 e. The van der Waals surface area contributed by atoms with Gasteiger partial charge in [-0.1, -0.05) is 11.8 Å². The van der Waals surface area contributed by atoms with Crippen LogP contribution in [-0.4, -0.2) is 39.0 Å². The summed E-state index contributed by atoms with van der Waals surface area (Å²) in [6, 6.07) is 2.07. The van der Waals surface area contributed by atoms with Crippen molar-refractivity contribution < 1.29 is 14.3 Å². The van der Waals surface area contributed by atoms with Crippen LogP contribution in [0.5, 0.6) is 0 Å². The van der Waals surface area contributed by atoms with Gasteiger partial charge in [0.05, 0.1) is 17.9 Å². The molecule has 4 rings (SSSR count). The molecule has 0 bridgehead atoms. The van der Waals surface area contributed by atoms with Crippen molar-refractivity contribution in [3.8, 4) is 11.4 Å². The van der Waals surface area contributed by atoms with E-state index in [9.17, 15) is 9.59 Å². The number of thioether (sulfide) groups is 1. The molecule has 3 aromatic rings. The Hall–Kier alpha value is -2.17. The van der Waals surface area contributed by atoms with Crippen molar-refractivity contribution in [3.63, 3.8) is 0 Å². The summed E-state index contributed by atoms with van der Waals surface area (Å²) >= 11 is 4.47. The van der Waals surface area contributed by atoms with E-state index in [1.807, 2.05) is 17.0 Å². The fraction of sp³-hybridized carbons (Fsp3) is 0.400. The highest BCUT2D eigenvalue weighted by molar-refractivity contribution is 7.99. The Morgan fingerprint density at radius 3 is 2.90 bits per heavy atom. The molecule has 1 N–H and O–H groups in total. The van der Waals surface area contributed by atoms with Gasteiger partial charge in [0, 0.05) is 27.7 Å². The van der Waals surface area contributed by atoms with Gasteiger partial charge in [-0.15, -0.1) is 32.9 Å². The highest BCUT2D eigenvalue weighted by Gasteiger charge is 2.28. The third-order valence-electron chi connectivity index (χ3n) is 4.81. The summed E-state index contributed by atoms with van der Waals surface area (Å²) in [6.45, 7) is 4.15.